The van der Waals surface area contributed by atoms with Crippen molar-refractivity contribution >= 4 is 0 Å². The third kappa shape index (κ3) is 3.58. The number of hydrogen-bond donors (Lipinski definition) is 1. The number of rotatable bonds is 6. The fourth-order valence-electron chi connectivity index (χ4n) is 1.31. The third-order valence-corrected chi connectivity index (χ3v) is 2.02. The summed E-state index contributed by atoms with van der Waals surface area (Å²) in [4.78, 5) is 4.02. The SMILES string of the molecule is CCOC(OCC)C(N)c1cccnc1. The number of nitrogens with zero attached hydrogens (tertiary/aromatic N) is 1. The first-order valence-corrected chi connectivity index (χ1v) is 5.18. The van der Waals surface area contributed by atoms with Crippen LogP contribution in [0, 0.1) is 0 Å². The van der Waals surface area contributed by atoms with Gasteiger partial charge in [0.2, 0.25) is 0 Å². The van der Waals surface area contributed by atoms with E-state index >= 15 is 0 Å². The molecular formula is C11H18N2O2. The van der Waals surface area contributed by atoms with E-state index in [1.807, 2.05) is 26.0 Å². The Morgan fingerprint density at radius 2 is 2.00 bits per heavy atom. The lowest BCUT2D eigenvalue weighted by Crippen LogP contribution is -2.31. The van der Waals surface area contributed by atoms with Gasteiger partial charge in [0.05, 0.1) is 6.04 Å². The highest BCUT2D eigenvalue weighted by Gasteiger charge is 2.19. The smallest absolute Gasteiger partial charge is 0.176 e. The zero-order valence-corrected chi connectivity index (χ0v) is 9.22. The van der Waals surface area contributed by atoms with Gasteiger partial charge in [-0.1, -0.05) is 6.07 Å². The second-order valence-corrected chi connectivity index (χ2v) is 3.09. The van der Waals surface area contributed by atoms with Gasteiger partial charge in [-0.25, -0.2) is 0 Å². The molecule has 0 aliphatic rings. The van der Waals surface area contributed by atoms with Gasteiger partial charge in [-0.15, -0.1) is 0 Å². The normalized spacial score (nSPS) is 13.1. The van der Waals surface area contributed by atoms with Crippen molar-refractivity contribution < 1.29 is 9.47 Å². The van der Waals surface area contributed by atoms with Gasteiger partial charge in [0.15, 0.2) is 6.29 Å². The molecule has 1 rings (SSSR count). The summed E-state index contributed by atoms with van der Waals surface area (Å²) in [5.41, 5.74) is 6.94. The number of hydrogen-bond acceptors (Lipinski definition) is 4. The Kier molecular flexibility index (Phi) is 5.25. The van der Waals surface area contributed by atoms with E-state index in [9.17, 15) is 0 Å². The number of nitrogens with two attached hydrogens (primary N) is 1. The Balaban J connectivity index is 2.67. The van der Waals surface area contributed by atoms with Crippen LogP contribution in [0.3, 0.4) is 0 Å². The molecule has 1 atom stereocenters. The summed E-state index contributed by atoms with van der Waals surface area (Å²) >= 11 is 0. The van der Waals surface area contributed by atoms with Crippen LogP contribution >= 0.6 is 0 Å². The molecule has 2 N–H and O–H groups in total. The summed E-state index contributed by atoms with van der Waals surface area (Å²) in [7, 11) is 0. The first-order chi connectivity index (χ1) is 7.29. The lowest BCUT2D eigenvalue weighted by Gasteiger charge is -2.23. The molecule has 1 heterocycles. The topological polar surface area (TPSA) is 57.4 Å². The summed E-state index contributed by atoms with van der Waals surface area (Å²) in [6.45, 7) is 5.00. The van der Waals surface area contributed by atoms with Crippen molar-refractivity contribution in [1.82, 2.24) is 4.98 Å². The highest BCUT2D eigenvalue weighted by molar-refractivity contribution is 5.13. The minimum absolute atomic E-state index is 0.293. The van der Waals surface area contributed by atoms with Crippen molar-refractivity contribution in [1.29, 1.82) is 0 Å². The van der Waals surface area contributed by atoms with Crippen LogP contribution in [0.2, 0.25) is 0 Å². The fourth-order valence-corrected chi connectivity index (χ4v) is 1.31. The van der Waals surface area contributed by atoms with Crippen LogP contribution in [0.25, 0.3) is 0 Å². The molecule has 1 aromatic rings. The van der Waals surface area contributed by atoms with Gasteiger partial charge < -0.3 is 15.2 Å². The van der Waals surface area contributed by atoms with E-state index in [2.05, 4.69) is 4.98 Å². The maximum absolute atomic E-state index is 6.02. The van der Waals surface area contributed by atoms with Gasteiger partial charge in [-0.05, 0) is 25.5 Å². The average molecular weight is 210 g/mol. The van der Waals surface area contributed by atoms with Crippen molar-refractivity contribution in [2.24, 2.45) is 5.73 Å². The van der Waals surface area contributed by atoms with Crippen LogP contribution in [-0.2, 0) is 9.47 Å². The van der Waals surface area contributed by atoms with Gasteiger partial charge in [0, 0.05) is 25.6 Å². The fraction of sp³-hybridized carbons (Fsp3) is 0.545. The Labute approximate surface area is 90.4 Å². The molecule has 0 saturated carbocycles. The molecule has 1 unspecified atom stereocenters. The highest BCUT2D eigenvalue weighted by atomic mass is 16.7. The van der Waals surface area contributed by atoms with Gasteiger partial charge in [-0.3, -0.25) is 4.98 Å². The van der Waals surface area contributed by atoms with Crippen molar-refractivity contribution in [2.45, 2.75) is 26.2 Å². The van der Waals surface area contributed by atoms with Crippen molar-refractivity contribution in [2.75, 3.05) is 13.2 Å². The van der Waals surface area contributed by atoms with E-state index in [1.165, 1.54) is 0 Å². The Hall–Kier alpha value is -0.970. The minimum Gasteiger partial charge on any atom is -0.351 e. The Morgan fingerprint density at radius 3 is 2.47 bits per heavy atom. The van der Waals surface area contributed by atoms with Crippen LogP contribution in [0.5, 0.6) is 0 Å². The third-order valence-electron chi connectivity index (χ3n) is 2.02. The zero-order chi connectivity index (χ0) is 11.1. The quantitative estimate of drug-likeness (QED) is 0.722. The molecule has 0 aromatic carbocycles. The van der Waals surface area contributed by atoms with Crippen LogP contribution < -0.4 is 5.73 Å². The first-order valence-electron chi connectivity index (χ1n) is 5.18. The summed E-state index contributed by atoms with van der Waals surface area (Å²) < 4.78 is 10.8. The van der Waals surface area contributed by atoms with E-state index in [0.29, 0.717) is 13.2 Å². The molecule has 0 radical (unpaired) electrons. The van der Waals surface area contributed by atoms with E-state index in [-0.39, 0.29) is 6.04 Å². The summed E-state index contributed by atoms with van der Waals surface area (Å²) in [6, 6.07) is 3.48. The molecule has 0 spiro atoms. The maximum Gasteiger partial charge on any atom is 0.176 e. The van der Waals surface area contributed by atoms with Gasteiger partial charge >= 0.3 is 0 Å². The van der Waals surface area contributed by atoms with E-state index < -0.39 is 6.29 Å². The lowest BCUT2D eigenvalue weighted by molar-refractivity contribution is -0.149. The van der Waals surface area contributed by atoms with Crippen molar-refractivity contribution in [3.05, 3.63) is 30.1 Å². The number of pyridine rings is 1. The van der Waals surface area contributed by atoms with E-state index in [4.69, 9.17) is 15.2 Å². The van der Waals surface area contributed by atoms with E-state index in [1.54, 1.807) is 12.4 Å². The predicted octanol–water partition coefficient (Wildman–Crippen LogP) is 1.48. The predicted molar refractivity (Wildman–Crippen MR) is 58.2 cm³/mol. The molecule has 1 aromatic heterocycles. The van der Waals surface area contributed by atoms with Crippen LogP contribution in [0.1, 0.15) is 25.5 Å². The van der Waals surface area contributed by atoms with Gasteiger partial charge in [-0.2, -0.15) is 0 Å². The summed E-state index contributed by atoms with van der Waals surface area (Å²) in [6.07, 6.45) is 3.05. The molecule has 0 bridgehead atoms. The van der Waals surface area contributed by atoms with Crippen molar-refractivity contribution in [3.63, 3.8) is 0 Å². The summed E-state index contributed by atoms with van der Waals surface area (Å²) in [5.74, 6) is 0. The molecule has 0 amide bonds. The zero-order valence-electron chi connectivity index (χ0n) is 9.22. The minimum atomic E-state index is -0.399. The maximum atomic E-state index is 6.02. The van der Waals surface area contributed by atoms with Crippen LogP contribution in [-0.4, -0.2) is 24.5 Å². The molecule has 84 valence electrons. The lowest BCUT2D eigenvalue weighted by atomic mass is 10.1. The van der Waals surface area contributed by atoms with Gasteiger partial charge in [0.1, 0.15) is 0 Å². The van der Waals surface area contributed by atoms with Gasteiger partial charge in [0.25, 0.3) is 0 Å². The molecule has 0 aliphatic carbocycles. The average Bonchev–Trinajstić information content (AvgIpc) is 2.29. The standard InChI is InChI=1S/C11H18N2O2/c1-3-14-11(15-4-2)10(12)9-6-5-7-13-8-9/h5-8,10-11H,3-4,12H2,1-2H3. The van der Waals surface area contributed by atoms with E-state index in [0.717, 1.165) is 5.56 Å². The number of aromatic nitrogens is 1. The Bertz CT molecular complexity index is 261. The Morgan fingerprint density at radius 1 is 1.33 bits per heavy atom. The molecule has 4 heteroatoms. The largest absolute Gasteiger partial charge is 0.351 e. The molecule has 4 nitrogen and oxygen atoms in total. The molecule has 0 fully saturated rings. The molecular weight excluding hydrogens is 192 g/mol. The highest BCUT2D eigenvalue weighted by Crippen LogP contribution is 2.16. The molecule has 0 aliphatic heterocycles. The second kappa shape index (κ2) is 6.50. The van der Waals surface area contributed by atoms with Crippen LogP contribution in [0.15, 0.2) is 24.5 Å². The summed E-state index contributed by atoms with van der Waals surface area (Å²) in [5, 5.41) is 0. The number of ether oxygens (including phenoxy) is 2. The molecule has 15 heavy (non-hydrogen) atoms. The second-order valence-electron chi connectivity index (χ2n) is 3.09. The van der Waals surface area contributed by atoms with Crippen molar-refractivity contribution in [3.8, 4) is 0 Å². The molecule has 0 saturated heterocycles. The first kappa shape index (κ1) is 12.1. The monoisotopic (exact) mass is 210 g/mol. The van der Waals surface area contributed by atoms with Crippen LogP contribution in [0.4, 0.5) is 0 Å².